The van der Waals surface area contributed by atoms with E-state index in [-0.39, 0.29) is 6.04 Å². The first-order valence-corrected chi connectivity index (χ1v) is 8.12. The molecule has 0 radical (unpaired) electrons. The zero-order chi connectivity index (χ0) is 17.2. The highest BCUT2D eigenvalue weighted by atomic mass is 19.4. The summed E-state index contributed by atoms with van der Waals surface area (Å²) < 4.78 is 39.4. The molecule has 1 unspecified atom stereocenters. The molecule has 0 aliphatic carbocycles. The summed E-state index contributed by atoms with van der Waals surface area (Å²) >= 11 is 0. The molecule has 1 aromatic rings. The summed E-state index contributed by atoms with van der Waals surface area (Å²) in [5.41, 5.74) is 0. The van der Waals surface area contributed by atoms with Gasteiger partial charge in [0.05, 0.1) is 13.1 Å². The monoisotopic (exact) mass is 345 g/mol. The van der Waals surface area contributed by atoms with Gasteiger partial charge < -0.3 is 15.2 Å². The number of alkyl halides is 3. The second-order valence-corrected chi connectivity index (χ2v) is 6.19. The molecular weight excluding hydrogens is 323 g/mol. The first-order chi connectivity index (χ1) is 11.4. The molecular formula is C14H22F3N7. The molecule has 24 heavy (non-hydrogen) atoms. The third-order valence-corrected chi connectivity index (χ3v) is 4.34. The van der Waals surface area contributed by atoms with Crippen LogP contribution in [0, 0.1) is 0 Å². The van der Waals surface area contributed by atoms with E-state index in [9.17, 15) is 13.2 Å². The van der Waals surface area contributed by atoms with Crippen molar-refractivity contribution in [1.82, 2.24) is 30.3 Å². The fraction of sp³-hybridized carbons (Fsp3) is 0.786. The molecule has 1 atom stereocenters. The van der Waals surface area contributed by atoms with Gasteiger partial charge in [-0.1, -0.05) is 0 Å². The minimum atomic E-state index is -4.15. The largest absolute Gasteiger partial charge is 0.401 e. The Bertz CT molecular complexity index is 596. The summed E-state index contributed by atoms with van der Waals surface area (Å²) in [7, 11) is 1.64. The number of rotatable bonds is 4. The van der Waals surface area contributed by atoms with Gasteiger partial charge in [0.1, 0.15) is 5.82 Å². The maximum Gasteiger partial charge on any atom is 0.401 e. The van der Waals surface area contributed by atoms with E-state index in [4.69, 9.17) is 0 Å². The van der Waals surface area contributed by atoms with Crippen LogP contribution >= 0.6 is 0 Å². The maximum atomic E-state index is 12.4. The Morgan fingerprint density at radius 2 is 2.17 bits per heavy atom. The van der Waals surface area contributed by atoms with Crippen molar-refractivity contribution in [2.24, 2.45) is 4.99 Å². The Labute approximate surface area is 138 Å². The van der Waals surface area contributed by atoms with Crippen LogP contribution < -0.4 is 10.6 Å². The predicted octanol–water partition coefficient (Wildman–Crippen LogP) is 0.526. The lowest BCUT2D eigenvalue weighted by molar-refractivity contribution is -0.143. The van der Waals surface area contributed by atoms with E-state index < -0.39 is 12.7 Å². The molecule has 2 N–H and O–H groups in total. The average molecular weight is 345 g/mol. The molecule has 1 saturated heterocycles. The number of nitrogens with zero attached hydrogens (tertiary/aromatic N) is 5. The second kappa shape index (κ2) is 6.96. The van der Waals surface area contributed by atoms with Crippen molar-refractivity contribution in [2.75, 3.05) is 26.7 Å². The standard InChI is InChI=1S/C14H22F3N7/c1-18-13(19-7-12-22-21-11-3-2-5-24(11)12)20-10-4-6-23(8-10)9-14(15,16)17/h10H,2-9H2,1H3,(H2,18,19,20). The van der Waals surface area contributed by atoms with Crippen molar-refractivity contribution in [3.05, 3.63) is 11.6 Å². The van der Waals surface area contributed by atoms with Crippen molar-refractivity contribution in [3.8, 4) is 0 Å². The maximum absolute atomic E-state index is 12.4. The Morgan fingerprint density at radius 3 is 2.92 bits per heavy atom. The van der Waals surface area contributed by atoms with Gasteiger partial charge in [0.25, 0.3) is 0 Å². The van der Waals surface area contributed by atoms with Gasteiger partial charge in [-0.25, -0.2) is 0 Å². The number of aryl methyl sites for hydroxylation is 1. The fourth-order valence-corrected chi connectivity index (χ4v) is 3.24. The highest BCUT2D eigenvalue weighted by Crippen LogP contribution is 2.20. The molecule has 1 fully saturated rings. The lowest BCUT2D eigenvalue weighted by Crippen LogP contribution is -2.45. The fourth-order valence-electron chi connectivity index (χ4n) is 3.24. The van der Waals surface area contributed by atoms with E-state index in [2.05, 4.69) is 30.4 Å². The van der Waals surface area contributed by atoms with Crippen LogP contribution in [0.25, 0.3) is 0 Å². The van der Waals surface area contributed by atoms with Gasteiger partial charge in [0.2, 0.25) is 0 Å². The van der Waals surface area contributed by atoms with Crippen LogP contribution in [-0.2, 0) is 19.5 Å². The van der Waals surface area contributed by atoms with Crippen molar-refractivity contribution in [3.63, 3.8) is 0 Å². The van der Waals surface area contributed by atoms with E-state index >= 15 is 0 Å². The summed E-state index contributed by atoms with van der Waals surface area (Å²) in [6, 6.07) is -0.0392. The van der Waals surface area contributed by atoms with Crippen LogP contribution in [0.3, 0.4) is 0 Å². The van der Waals surface area contributed by atoms with Gasteiger partial charge in [-0.3, -0.25) is 9.89 Å². The molecule has 10 heteroatoms. The second-order valence-electron chi connectivity index (χ2n) is 6.19. The summed E-state index contributed by atoms with van der Waals surface area (Å²) in [5.74, 6) is 2.44. The van der Waals surface area contributed by atoms with Gasteiger partial charge in [0.15, 0.2) is 11.8 Å². The van der Waals surface area contributed by atoms with Crippen molar-refractivity contribution >= 4 is 5.96 Å². The van der Waals surface area contributed by atoms with Gasteiger partial charge in [0, 0.05) is 39.1 Å². The van der Waals surface area contributed by atoms with Crippen molar-refractivity contribution < 1.29 is 13.2 Å². The molecule has 1 aromatic heterocycles. The van der Waals surface area contributed by atoms with Gasteiger partial charge in [-0.15, -0.1) is 10.2 Å². The number of aliphatic imine (C=N–C) groups is 1. The van der Waals surface area contributed by atoms with E-state index in [1.807, 2.05) is 0 Å². The zero-order valence-electron chi connectivity index (χ0n) is 13.6. The number of nitrogens with one attached hydrogen (secondary N) is 2. The summed E-state index contributed by atoms with van der Waals surface area (Å²) in [4.78, 5) is 5.55. The summed E-state index contributed by atoms with van der Waals surface area (Å²) in [6.45, 7) is 1.36. The molecule has 7 nitrogen and oxygen atoms in total. The third-order valence-electron chi connectivity index (χ3n) is 4.34. The smallest absolute Gasteiger partial charge is 0.352 e. The number of fused-ring (bicyclic) bond motifs is 1. The number of hydrogen-bond acceptors (Lipinski definition) is 4. The van der Waals surface area contributed by atoms with Gasteiger partial charge in [-0.2, -0.15) is 13.2 Å². The molecule has 3 rings (SSSR count). The Kier molecular flexibility index (Phi) is 4.93. The predicted molar refractivity (Wildman–Crippen MR) is 82.6 cm³/mol. The number of hydrogen-bond donors (Lipinski definition) is 2. The van der Waals surface area contributed by atoms with Gasteiger partial charge in [-0.05, 0) is 12.8 Å². The number of halogens is 3. The van der Waals surface area contributed by atoms with Crippen LogP contribution in [0.1, 0.15) is 24.5 Å². The number of aromatic nitrogens is 3. The van der Waals surface area contributed by atoms with Crippen LogP contribution in [0.2, 0.25) is 0 Å². The van der Waals surface area contributed by atoms with Crippen molar-refractivity contribution in [2.45, 2.75) is 44.6 Å². The highest BCUT2D eigenvalue weighted by Gasteiger charge is 2.34. The molecule has 2 aliphatic rings. The Hall–Kier alpha value is -1.84. The normalized spacial score (nSPS) is 22.0. The molecule has 134 valence electrons. The first-order valence-electron chi connectivity index (χ1n) is 8.12. The van der Waals surface area contributed by atoms with E-state index in [0.717, 1.165) is 31.0 Å². The van der Waals surface area contributed by atoms with Crippen LogP contribution in [-0.4, -0.2) is 64.5 Å². The Morgan fingerprint density at radius 1 is 1.33 bits per heavy atom. The van der Waals surface area contributed by atoms with E-state index in [1.165, 1.54) is 4.90 Å². The molecule has 0 saturated carbocycles. The zero-order valence-corrected chi connectivity index (χ0v) is 13.6. The first kappa shape index (κ1) is 17.0. The molecule has 3 heterocycles. The highest BCUT2D eigenvalue weighted by molar-refractivity contribution is 5.79. The lowest BCUT2D eigenvalue weighted by atomic mass is 10.3. The Balaban J connectivity index is 1.47. The number of guanidine groups is 1. The molecule has 2 aliphatic heterocycles. The summed E-state index contributed by atoms with van der Waals surface area (Å²) in [6.07, 6.45) is -1.45. The molecule has 0 amide bonds. The summed E-state index contributed by atoms with van der Waals surface area (Å²) in [5, 5.41) is 14.7. The average Bonchev–Trinajstić information content (AvgIpc) is 3.19. The van der Waals surface area contributed by atoms with Crippen molar-refractivity contribution in [1.29, 1.82) is 0 Å². The number of likely N-dealkylation sites (tertiary alicyclic amines) is 1. The minimum absolute atomic E-state index is 0.0392. The third kappa shape index (κ3) is 4.16. The molecule has 0 bridgehead atoms. The van der Waals surface area contributed by atoms with Crippen LogP contribution in [0.5, 0.6) is 0 Å². The lowest BCUT2D eigenvalue weighted by Gasteiger charge is -2.19. The SMILES string of the molecule is CN=C(NCc1nnc2n1CCC2)NC1CCN(CC(F)(F)F)C1. The van der Waals surface area contributed by atoms with Crippen LogP contribution in [0.4, 0.5) is 13.2 Å². The molecule has 0 spiro atoms. The quantitative estimate of drug-likeness (QED) is 0.615. The topological polar surface area (TPSA) is 70.4 Å². The van der Waals surface area contributed by atoms with E-state index in [0.29, 0.717) is 32.0 Å². The minimum Gasteiger partial charge on any atom is -0.352 e. The molecule has 0 aromatic carbocycles. The van der Waals surface area contributed by atoms with E-state index in [1.54, 1.807) is 7.05 Å². The van der Waals surface area contributed by atoms with Gasteiger partial charge >= 0.3 is 6.18 Å². The van der Waals surface area contributed by atoms with Crippen LogP contribution in [0.15, 0.2) is 4.99 Å².